The van der Waals surface area contributed by atoms with E-state index in [0.717, 1.165) is 43.4 Å². The lowest BCUT2D eigenvalue weighted by Gasteiger charge is -2.30. The summed E-state index contributed by atoms with van der Waals surface area (Å²) in [5.74, 6) is -2.03. The third-order valence-electron chi connectivity index (χ3n) is 11.3. The Labute approximate surface area is 318 Å². The summed E-state index contributed by atoms with van der Waals surface area (Å²) in [5.41, 5.74) is -0.993. The van der Waals surface area contributed by atoms with E-state index in [1.807, 2.05) is 29.7 Å². The van der Waals surface area contributed by atoms with E-state index < -0.39 is 81.0 Å². The van der Waals surface area contributed by atoms with E-state index in [4.69, 9.17) is 24.2 Å². The average Bonchev–Trinajstić information content (AvgIpc) is 3.71. The minimum absolute atomic E-state index is 0.0114. The molecule has 15 nitrogen and oxygen atoms in total. The van der Waals surface area contributed by atoms with E-state index in [2.05, 4.69) is 15.4 Å². The zero-order valence-corrected chi connectivity index (χ0v) is 31.5. The number of aliphatic imine (C=N–C) groups is 2. The Bertz CT molecular complexity index is 1870. The van der Waals surface area contributed by atoms with E-state index in [1.54, 1.807) is 12.3 Å². The molecule has 4 amide bonds. The zero-order valence-electron chi connectivity index (χ0n) is 29.9. The molecule has 4 aliphatic heterocycles. The predicted molar refractivity (Wildman–Crippen MR) is 198 cm³/mol. The van der Waals surface area contributed by atoms with Gasteiger partial charge in [0.2, 0.25) is 34.0 Å². The van der Waals surface area contributed by atoms with Gasteiger partial charge in [0.05, 0.1) is 22.9 Å². The lowest BCUT2D eigenvalue weighted by molar-refractivity contribution is -0.141. The largest absolute Gasteiger partial charge is 0.474 e. The number of alkyl carbamates (subject to hydrolysis) is 1. The Morgan fingerprint density at radius 3 is 2.61 bits per heavy atom. The standard InChI is InChI=1S/C37H46N6O9S2/c44-31-28-19-24(51-33-30(29-13-8-18-53-29)40-32-26(38-33)16-17-50-32)21-43(28)34(45)27(39-36(47)52-23-10-6-7-11-23)12-5-3-1-2-4-9-22-20-37(22,41-31)35(46)42-54(48,49)25-14-15-25/h4,8-9,13,16-18,22-28,32H,1-3,5-7,10-12,14-15,19-21H2,(H,39,47)(H,41,44)(H,42,46)/b9-4-/t22?,24-,26?,27+,28+,32?,37-/m1/s1. The molecule has 0 bridgehead atoms. The minimum atomic E-state index is -3.89. The first kappa shape index (κ1) is 36.7. The molecule has 0 radical (unpaired) electrons. The van der Waals surface area contributed by atoms with Crippen LogP contribution >= 0.6 is 11.3 Å². The molecule has 290 valence electrons. The number of sulfonamides is 1. The van der Waals surface area contributed by atoms with Crippen molar-refractivity contribution in [1.29, 1.82) is 0 Å². The molecule has 3 saturated carbocycles. The van der Waals surface area contributed by atoms with E-state index in [0.29, 0.717) is 37.8 Å². The number of hydrogen-bond acceptors (Lipinski definition) is 12. The summed E-state index contributed by atoms with van der Waals surface area (Å²) in [4.78, 5) is 67.7. The number of amides is 4. The number of thiophene rings is 1. The van der Waals surface area contributed by atoms with Gasteiger partial charge in [-0.1, -0.05) is 31.1 Å². The molecule has 3 unspecified atom stereocenters. The second-order valence-corrected chi connectivity index (χ2v) is 18.1. The number of rotatable bonds is 7. The van der Waals surface area contributed by atoms with E-state index >= 15 is 0 Å². The predicted octanol–water partition coefficient (Wildman–Crippen LogP) is 3.22. The molecule has 7 aliphatic rings. The normalized spacial score (nSPS) is 33.4. The first-order valence-electron chi connectivity index (χ1n) is 19.1. The van der Waals surface area contributed by atoms with Crippen LogP contribution in [0.5, 0.6) is 0 Å². The smallest absolute Gasteiger partial charge is 0.408 e. The Morgan fingerprint density at radius 2 is 1.83 bits per heavy atom. The van der Waals surface area contributed by atoms with Gasteiger partial charge in [0, 0.05) is 12.3 Å². The van der Waals surface area contributed by atoms with E-state index in [1.165, 1.54) is 16.2 Å². The van der Waals surface area contributed by atoms with Crippen molar-refractivity contribution < 1.29 is 41.8 Å². The summed E-state index contributed by atoms with van der Waals surface area (Å²) in [6.07, 6.45) is 13.0. The Morgan fingerprint density at radius 1 is 1.02 bits per heavy atom. The Hall–Kier alpha value is -4.25. The molecular formula is C37H46N6O9S2. The van der Waals surface area contributed by atoms with Crippen LogP contribution in [0.15, 0.2) is 52.0 Å². The van der Waals surface area contributed by atoms with Crippen LogP contribution in [0.3, 0.4) is 0 Å². The van der Waals surface area contributed by atoms with Gasteiger partial charge in [-0.3, -0.25) is 19.1 Å². The van der Waals surface area contributed by atoms with E-state index in [9.17, 15) is 27.6 Å². The van der Waals surface area contributed by atoms with Crippen molar-refractivity contribution in [1.82, 2.24) is 20.3 Å². The summed E-state index contributed by atoms with van der Waals surface area (Å²) in [6.45, 7) is -0.0114. The Balaban J connectivity index is 1.08. The quantitative estimate of drug-likeness (QED) is 0.349. The van der Waals surface area contributed by atoms with Gasteiger partial charge in [-0.25, -0.2) is 23.2 Å². The number of carbonyl (C=O) groups is 4. The molecule has 1 aromatic heterocycles. The molecule has 54 heavy (non-hydrogen) atoms. The molecule has 0 aromatic carbocycles. The van der Waals surface area contributed by atoms with Gasteiger partial charge in [0.25, 0.3) is 5.91 Å². The highest BCUT2D eigenvalue weighted by molar-refractivity contribution is 7.91. The number of carbonyl (C=O) groups excluding carboxylic acids is 4. The maximum Gasteiger partial charge on any atom is 0.408 e. The van der Waals surface area contributed by atoms with Crippen LogP contribution in [0, 0.1) is 5.92 Å². The second kappa shape index (κ2) is 15.1. The highest BCUT2D eigenvalue weighted by atomic mass is 32.2. The van der Waals surface area contributed by atoms with Crippen LogP contribution in [0.4, 0.5) is 4.79 Å². The van der Waals surface area contributed by atoms with Gasteiger partial charge in [0.1, 0.15) is 41.6 Å². The summed E-state index contributed by atoms with van der Waals surface area (Å²) in [6, 6.07) is 1.31. The lowest BCUT2D eigenvalue weighted by Crippen LogP contribution is -2.58. The lowest BCUT2D eigenvalue weighted by atomic mass is 10.0. The number of fused-ring (bicyclic) bond motifs is 3. The van der Waals surface area contributed by atoms with Gasteiger partial charge in [-0.15, -0.1) is 11.3 Å². The zero-order chi connectivity index (χ0) is 37.5. The van der Waals surface area contributed by atoms with Gasteiger partial charge < -0.3 is 29.7 Å². The maximum absolute atomic E-state index is 14.6. The molecule has 3 aliphatic carbocycles. The molecule has 0 spiro atoms. The Kier molecular flexibility index (Phi) is 10.3. The number of nitrogens with one attached hydrogen (secondary N) is 3. The summed E-state index contributed by atoms with van der Waals surface area (Å²) < 4.78 is 45.8. The van der Waals surface area contributed by atoms with Crippen LogP contribution < -0.4 is 15.4 Å². The average molecular weight is 783 g/mol. The fourth-order valence-electron chi connectivity index (χ4n) is 7.98. The first-order valence-corrected chi connectivity index (χ1v) is 21.5. The molecule has 1 aromatic rings. The fraction of sp³-hybridized carbons (Fsp3) is 0.622. The molecular weight excluding hydrogens is 737 g/mol. The monoisotopic (exact) mass is 782 g/mol. The molecule has 1 saturated heterocycles. The summed E-state index contributed by atoms with van der Waals surface area (Å²) in [7, 11) is -3.89. The third kappa shape index (κ3) is 7.79. The number of hydrogen-bond donors (Lipinski definition) is 3. The molecule has 5 heterocycles. The minimum Gasteiger partial charge on any atom is -0.474 e. The van der Waals surface area contributed by atoms with Crippen molar-refractivity contribution in [2.75, 3.05) is 6.54 Å². The molecule has 3 N–H and O–H groups in total. The van der Waals surface area contributed by atoms with Crippen molar-refractivity contribution in [3.8, 4) is 0 Å². The topological polar surface area (TPSA) is 194 Å². The number of allylic oxidation sites excluding steroid dienone is 1. The SMILES string of the molecule is O=C(N[C@H]1CCCCC/C=C\C2C[C@@]2(C(=O)NS(=O)(=O)C2CC2)NC(=O)[C@@H]2C[C@@H](OC3=NC4C=COC4N=C3c3cccs3)CN2C1=O)OC1CCCC1. The summed E-state index contributed by atoms with van der Waals surface area (Å²) in [5, 5.41) is 7.00. The molecule has 7 atom stereocenters. The van der Waals surface area contributed by atoms with Crippen molar-refractivity contribution in [3.63, 3.8) is 0 Å². The van der Waals surface area contributed by atoms with Crippen molar-refractivity contribution >= 4 is 56.8 Å². The first-order chi connectivity index (χ1) is 26.1. The van der Waals surface area contributed by atoms with Crippen molar-refractivity contribution in [2.45, 2.75) is 131 Å². The van der Waals surface area contributed by atoms with Gasteiger partial charge >= 0.3 is 6.09 Å². The van der Waals surface area contributed by atoms with Crippen molar-refractivity contribution in [2.24, 2.45) is 15.9 Å². The van der Waals surface area contributed by atoms with Crippen LogP contribution in [0.25, 0.3) is 0 Å². The number of ether oxygens (including phenoxy) is 3. The molecule has 4 fully saturated rings. The molecule has 8 rings (SSSR count). The van der Waals surface area contributed by atoms with Gasteiger partial charge in [0.15, 0.2) is 0 Å². The van der Waals surface area contributed by atoms with E-state index in [-0.39, 0.29) is 31.4 Å². The second-order valence-electron chi connectivity index (χ2n) is 15.2. The maximum atomic E-state index is 14.6. The third-order valence-corrected chi connectivity index (χ3v) is 14.0. The van der Waals surface area contributed by atoms with Crippen molar-refractivity contribution in [3.05, 3.63) is 46.9 Å². The number of nitrogens with zero attached hydrogens (tertiary/aromatic N) is 3. The highest BCUT2D eigenvalue weighted by Crippen LogP contribution is 2.46. The van der Waals surface area contributed by atoms with Gasteiger partial charge in [-0.05, 0) is 81.7 Å². The highest BCUT2D eigenvalue weighted by Gasteiger charge is 2.62. The summed E-state index contributed by atoms with van der Waals surface area (Å²) >= 11 is 1.46. The van der Waals surface area contributed by atoms with Crippen LogP contribution in [-0.2, 0) is 38.6 Å². The van der Waals surface area contributed by atoms with Crippen LogP contribution in [0.1, 0.15) is 88.3 Å². The molecule has 17 heteroatoms. The van der Waals surface area contributed by atoms with Crippen LogP contribution in [-0.4, -0.2) is 103 Å². The van der Waals surface area contributed by atoms with Crippen LogP contribution in [0.2, 0.25) is 0 Å². The fourth-order valence-corrected chi connectivity index (χ4v) is 10.1. The van der Waals surface area contributed by atoms with Gasteiger partial charge in [-0.2, -0.15) is 0 Å².